The van der Waals surface area contributed by atoms with Crippen LogP contribution in [0, 0.1) is 6.92 Å². The average molecular weight is 434 g/mol. The Morgan fingerprint density at radius 3 is 2.22 bits per heavy atom. The SMILES string of the molecule is COc1ccc(C(=O)N2CCN(C(=O)c3cc(C4CC4)nc4c3c(C)nn4C)CC2)cc1. The van der Waals surface area contributed by atoms with Gasteiger partial charge in [-0.25, -0.2) is 4.98 Å². The van der Waals surface area contributed by atoms with Gasteiger partial charge in [-0.15, -0.1) is 0 Å². The molecule has 0 N–H and O–H groups in total. The highest BCUT2D eigenvalue weighted by molar-refractivity contribution is 6.06. The molecule has 1 saturated carbocycles. The molecule has 3 heterocycles. The molecule has 0 unspecified atom stereocenters. The number of aryl methyl sites for hydroxylation is 2. The maximum Gasteiger partial charge on any atom is 0.254 e. The zero-order valence-electron chi connectivity index (χ0n) is 18.7. The number of piperazine rings is 1. The summed E-state index contributed by atoms with van der Waals surface area (Å²) in [4.78, 5) is 34.8. The van der Waals surface area contributed by atoms with Gasteiger partial charge in [-0.1, -0.05) is 0 Å². The van der Waals surface area contributed by atoms with Crippen LogP contribution in [0.2, 0.25) is 0 Å². The molecular weight excluding hydrogens is 406 g/mol. The Hall–Kier alpha value is -3.42. The van der Waals surface area contributed by atoms with Crippen molar-refractivity contribution in [2.24, 2.45) is 7.05 Å². The van der Waals surface area contributed by atoms with E-state index in [2.05, 4.69) is 5.10 Å². The number of nitrogens with zero attached hydrogens (tertiary/aromatic N) is 5. The number of hydrogen-bond acceptors (Lipinski definition) is 5. The molecule has 166 valence electrons. The minimum absolute atomic E-state index is 0.00746. The maximum absolute atomic E-state index is 13.5. The molecule has 1 saturated heterocycles. The molecule has 0 atom stereocenters. The standard InChI is InChI=1S/C24H27N5O3/c1-15-21-19(14-20(16-4-5-16)25-22(21)27(2)26-15)24(31)29-12-10-28(11-13-29)23(30)17-6-8-18(32-3)9-7-17/h6-9,14,16H,4-5,10-13H2,1-3H3. The third-order valence-corrected chi connectivity index (χ3v) is 6.41. The van der Waals surface area contributed by atoms with Gasteiger partial charge in [-0.2, -0.15) is 5.10 Å². The first kappa shape index (κ1) is 20.5. The summed E-state index contributed by atoms with van der Waals surface area (Å²) in [6.07, 6.45) is 2.24. The second kappa shape index (κ2) is 7.93. The molecule has 2 amide bonds. The van der Waals surface area contributed by atoms with E-state index in [4.69, 9.17) is 9.72 Å². The molecule has 1 aliphatic carbocycles. The van der Waals surface area contributed by atoms with Crippen LogP contribution in [0.25, 0.3) is 11.0 Å². The van der Waals surface area contributed by atoms with Crippen LogP contribution in [0.3, 0.4) is 0 Å². The Labute approximate surface area is 186 Å². The lowest BCUT2D eigenvalue weighted by atomic mass is 10.1. The molecule has 0 spiro atoms. The van der Waals surface area contributed by atoms with Crippen LogP contribution in [0.15, 0.2) is 30.3 Å². The summed E-state index contributed by atoms with van der Waals surface area (Å²) < 4.78 is 6.93. The minimum Gasteiger partial charge on any atom is -0.497 e. The van der Waals surface area contributed by atoms with E-state index >= 15 is 0 Å². The summed E-state index contributed by atoms with van der Waals surface area (Å²) in [7, 11) is 3.47. The second-order valence-electron chi connectivity index (χ2n) is 8.59. The van der Waals surface area contributed by atoms with Crippen LogP contribution in [0.5, 0.6) is 5.75 Å². The lowest BCUT2D eigenvalue weighted by Gasteiger charge is -2.35. The zero-order valence-corrected chi connectivity index (χ0v) is 18.7. The number of hydrogen-bond donors (Lipinski definition) is 0. The van der Waals surface area contributed by atoms with E-state index < -0.39 is 0 Å². The number of amides is 2. The van der Waals surface area contributed by atoms with E-state index in [0.717, 1.165) is 41.0 Å². The molecule has 0 radical (unpaired) electrons. The van der Waals surface area contributed by atoms with Gasteiger partial charge in [0.05, 0.1) is 23.8 Å². The smallest absolute Gasteiger partial charge is 0.254 e. The summed E-state index contributed by atoms with van der Waals surface area (Å²) in [5.74, 6) is 1.13. The van der Waals surface area contributed by atoms with Gasteiger partial charge in [0.25, 0.3) is 11.8 Å². The second-order valence-corrected chi connectivity index (χ2v) is 8.59. The fourth-order valence-corrected chi connectivity index (χ4v) is 4.42. The van der Waals surface area contributed by atoms with Crippen LogP contribution in [0.4, 0.5) is 0 Å². The summed E-state index contributed by atoms with van der Waals surface area (Å²) in [5, 5.41) is 5.33. The fraction of sp³-hybridized carbons (Fsp3) is 0.417. The van der Waals surface area contributed by atoms with Crippen LogP contribution in [-0.2, 0) is 7.05 Å². The Balaban J connectivity index is 1.34. The Bertz CT molecular complexity index is 1190. The van der Waals surface area contributed by atoms with Gasteiger partial charge in [-0.3, -0.25) is 14.3 Å². The highest BCUT2D eigenvalue weighted by Gasteiger charge is 2.31. The van der Waals surface area contributed by atoms with Gasteiger partial charge < -0.3 is 14.5 Å². The van der Waals surface area contributed by atoms with Gasteiger partial charge in [0, 0.05) is 50.4 Å². The first-order valence-electron chi connectivity index (χ1n) is 11.0. The van der Waals surface area contributed by atoms with Gasteiger partial charge in [0.15, 0.2) is 5.65 Å². The van der Waals surface area contributed by atoms with E-state index in [0.29, 0.717) is 43.2 Å². The van der Waals surface area contributed by atoms with Crippen molar-refractivity contribution in [3.8, 4) is 5.75 Å². The zero-order chi connectivity index (χ0) is 22.4. The lowest BCUT2D eigenvalue weighted by Crippen LogP contribution is -2.50. The highest BCUT2D eigenvalue weighted by atomic mass is 16.5. The minimum atomic E-state index is -0.0230. The molecule has 2 fully saturated rings. The number of benzene rings is 1. The Morgan fingerprint density at radius 1 is 1.00 bits per heavy atom. The van der Waals surface area contributed by atoms with Crippen LogP contribution in [0.1, 0.15) is 50.9 Å². The summed E-state index contributed by atoms with van der Waals surface area (Å²) in [6, 6.07) is 9.09. The van der Waals surface area contributed by atoms with Crippen molar-refractivity contribution in [3.63, 3.8) is 0 Å². The Morgan fingerprint density at radius 2 is 1.62 bits per heavy atom. The molecule has 5 rings (SSSR count). The normalized spacial score (nSPS) is 16.5. The first-order valence-corrected chi connectivity index (χ1v) is 11.0. The van der Waals surface area contributed by atoms with Crippen molar-refractivity contribution in [3.05, 3.63) is 52.8 Å². The van der Waals surface area contributed by atoms with Crippen molar-refractivity contribution in [1.82, 2.24) is 24.6 Å². The predicted molar refractivity (Wildman–Crippen MR) is 120 cm³/mol. The van der Waals surface area contributed by atoms with Crippen molar-refractivity contribution in [1.29, 1.82) is 0 Å². The molecule has 1 aliphatic heterocycles. The molecule has 3 aromatic rings. The lowest BCUT2D eigenvalue weighted by molar-refractivity contribution is 0.0536. The maximum atomic E-state index is 13.5. The summed E-state index contributed by atoms with van der Waals surface area (Å²) in [5.41, 5.74) is 3.87. The molecule has 2 aromatic heterocycles. The van der Waals surface area contributed by atoms with E-state index in [1.807, 2.05) is 24.9 Å². The van der Waals surface area contributed by atoms with Crippen molar-refractivity contribution in [2.75, 3.05) is 33.3 Å². The number of rotatable bonds is 4. The van der Waals surface area contributed by atoms with E-state index in [-0.39, 0.29) is 11.8 Å². The quantitative estimate of drug-likeness (QED) is 0.632. The molecule has 1 aromatic carbocycles. The summed E-state index contributed by atoms with van der Waals surface area (Å²) >= 11 is 0. The number of carbonyl (C=O) groups is 2. The van der Waals surface area contributed by atoms with Crippen LogP contribution < -0.4 is 4.74 Å². The monoisotopic (exact) mass is 433 g/mol. The van der Waals surface area contributed by atoms with E-state index in [1.165, 1.54) is 0 Å². The van der Waals surface area contributed by atoms with Gasteiger partial charge in [0.1, 0.15) is 5.75 Å². The number of methoxy groups -OCH3 is 1. The molecule has 8 heteroatoms. The molecule has 8 nitrogen and oxygen atoms in total. The topological polar surface area (TPSA) is 80.6 Å². The summed E-state index contributed by atoms with van der Waals surface area (Å²) in [6.45, 7) is 3.94. The third kappa shape index (κ3) is 3.59. The Kier molecular flexibility index (Phi) is 5.07. The molecular formula is C24H27N5O3. The van der Waals surface area contributed by atoms with E-state index in [9.17, 15) is 9.59 Å². The third-order valence-electron chi connectivity index (χ3n) is 6.41. The fourth-order valence-electron chi connectivity index (χ4n) is 4.42. The molecule has 32 heavy (non-hydrogen) atoms. The molecule has 2 aliphatic rings. The van der Waals surface area contributed by atoms with Crippen molar-refractivity contribution in [2.45, 2.75) is 25.7 Å². The average Bonchev–Trinajstić information content (AvgIpc) is 3.64. The number of pyridine rings is 1. The first-order chi connectivity index (χ1) is 15.5. The van der Waals surface area contributed by atoms with Gasteiger partial charge >= 0.3 is 0 Å². The van der Waals surface area contributed by atoms with Gasteiger partial charge in [0.2, 0.25) is 0 Å². The highest BCUT2D eigenvalue weighted by Crippen LogP contribution is 2.40. The predicted octanol–water partition coefficient (Wildman–Crippen LogP) is 2.76. The number of ether oxygens (including phenoxy) is 1. The van der Waals surface area contributed by atoms with Gasteiger partial charge in [-0.05, 0) is 50.1 Å². The largest absolute Gasteiger partial charge is 0.497 e. The molecule has 0 bridgehead atoms. The number of carbonyl (C=O) groups excluding carboxylic acids is 2. The number of fused-ring (bicyclic) bond motifs is 1. The van der Waals surface area contributed by atoms with Crippen molar-refractivity contribution >= 4 is 22.8 Å². The van der Waals surface area contributed by atoms with E-state index in [1.54, 1.807) is 41.0 Å². The van der Waals surface area contributed by atoms with Crippen molar-refractivity contribution < 1.29 is 14.3 Å². The van der Waals surface area contributed by atoms with Crippen LogP contribution >= 0.6 is 0 Å². The number of aromatic nitrogens is 3. The van der Waals surface area contributed by atoms with Crippen LogP contribution in [-0.4, -0.2) is 69.7 Å².